The molecule has 0 atom stereocenters. The van der Waals surface area contributed by atoms with Crippen molar-refractivity contribution in [2.24, 2.45) is 0 Å². The number of nitrogens with one attached hydrogen (secondary N) is 1. The van der Waals surface area contributed by atoms with Crippen LogP contribution in [0, 0.1) is 0 Å². The van der Waals surface area contributed by atoms with Crippen molar-refractivity contribution in [3.63, 3.8) is 0 Å². The zero-order valence-corrected chi connectivity index (χ0v) is 13.1. The van der Waals surface area contributed by atoms with Gasteiger partial charge < -0.3 is 10.2 Å². The number of unbranched alkanes of at least 4 members (excludes halogenated alkanes) is 1. The van der Waals surface area contributed by atoms with E-state index in [9.17, 15) is 4.79 Å². The Labute approximate surface area is 131 Å². The minimum absolute atomic E-state index is 0.0891. The van der Waals surface area contributed by atoms with Crippen LogP contribution in [0.25, 0.3) is 0 Å². The lowest BCUT2D eigenvalue weighted by molar-refractivity contribution is 0.0987. The Bertz CT molecular complexity index is 583. The number of nitrogens with zero attached hydrogens (tertiary/aromatic N) is 3. The number of rotatable bonds is 7. The zero-order valence-electron chi connectivity index (χ0n) is 13.1. The Kier molecular flexibility index (Phi) is 5.89. The van der Waals surface area contributed by atoms with E-state index in [1.54, 1.807) is 17.3 Å². The third kappa shape index (κ3) is 4.04. The molecule has 1 heterocycles. The van der Waals surface area contributed by atoms with Crippen molar-refractivity contribution in [1.82, 2.24) is 9.97 Å². The summed E-state index contributed by atoms with van der Waals surface area (Å²) in [5.41, 5.74) is 1.37. The van der Waals surface area contributed by atoms with E-state index >= 15 is 0 Å². The van der Waals surface area contributed by atoms with Gasteiger partial charge in [0.1, 0.15) is 0 Å². The number of hydrogen-bond acceptors (Lipinski definition) is 4. The molecule has 1 N–H and O–H groups in total. The summed E-state index contributed by atoms with van der Waals surface area (Å²) in [5, 5.41) is 3.14. The molecule has 5 nitrogen and oxygen atoms in total. The van der Waals surface area contributed by atoms with Gasteiger partial charge in [0, 0.05) is 31.2 Å². The molecule has 0 bridgehead atoms. The second kappa shape index (κ2) is 8.12. The fourth-order valence-electron chi connectivity index (χ4n) is 2.11. The van der Waals surface area contributed by atoms with Gasteiger partial charge in [-0.25, -0.2) is 9.97 Å². The number of carbonyl (C=O) groups is 1. The van der Waals surface area contributed by atoms with Crippen molar-refractivity contribution in [3.05, 3.63) is 48.3 Å². The summed E-state index contributed by atoms with van der Waals surface area (Å²) in [6.45, 7) is 5.52. The summed E-state index contributed by atoms with van der Waals surface area (Å²) in [6, 6.07) is 9.61. The Hall–Kier alpha value is -2.43. The quantitative estimate of drug-likeness (QED) is 0.796. The molecule has 0 radical (unpaired) electrons. The van der Waals surface area contributed by atoms with Gasteiger partial charge in [-0.1, -0.05) is 31.5 Å². The summed E-state index contributed by atoms with van der Waals surface area (Å²) in [5.74, 6) is 0.474. The average Bonchev–Trinajstić information content (AvgIpc) is 2.57. The third-order valence-corrected chi connectivity index (χ3v) is 3.34. The minimum Gasteiger partial charge on any atom is -0.354 e. The first-order chi connectivity index (χ1) is 10.8. The molecule has 0 aliphatic rings. The maximum absolute atomic E-state index is 12.6. The van der Waals surface area contributed by atoms with Crippen LogP contribution in [0.4, 0.5) is 11.6 Å². The molecule has 0 spiro atoms. The van der Waals surface area contributed by atoms with Gasteiger partial charge in [0.25, 0.3) is 5.91 Å². The Morgan fingerprint density at radius 1 is 1.14 bits per heavy atom. The van der Waals surface area contributed by atoms with Crippen LogP contribution in [0.15, 0.2) is 42.7 Å². The van der Waals surface area contributed by atoms with Crippen LogP contribution < -0.4 is 10.2 Å². The Morgan fingerprint density at radius 2 is 1.82 bits per heavy atom. The third-order valence-electron chi connectivity index (χ3n) is 3.34. The van der Waals surface area contributed by atoms with Crippen molar-refractivity contribution in [2.75, 3.05) is 23.3 Å². The average molecular weight is 298 g/mol. The standard InChI is InChI=1S/C17H22N4O/c1-3-5-11-18-17-19-12-14(13-20-17)16(22)21(4-2)15-9-7-6-8-10-15/h6-10,12-13H,3-5,11H2,1-2H3,(H,18,19,20). The summed E-state index contributed by atoms with van der Waals surface area (Å²) in [7, 11) is 0. The second-order valence-corrected chi connectivity index (χ2v) is 4.96. The number of anilines is 2. The summed E-state index contributed by atoms with van der Waals surface area (Å²) in [6.07, 6.45) is 5.35. The van der Waals surface area contributed by atoms with Crippen molar-refractivity contribution >= 4 is 17.5 Å². The van der Waals surface area contributed by atoms with E-state index in [0.29, 0.717) is 18.1 Å². The molecule has 0 saturated heterocycles. The molecule has 1 amide bonds. The fourth-order valence-corrected chi connectivity index (χ4v) is 2.11. The first-order valence-corrected chi connectivity index (χ1v) is 7.69. The van der Waals surface area contributed by atoms with Gasteiger partial charge in [-0.2, -0.15) is 0 Å². The van der Waals surface area contributed by atoms with E-state index in [1.807, 2.05) is 37.3 Å². The van der Waals surface area contributed by atoms with Crippen molar-refractivity contribution in [1.29, 1.82) is 0 Å². The van der Waals surface area contributed by atoms with E-state index in [-0.39, 0.29) is 5.91 Å². The van der Waals surface area contributed by atoms with Gasteiger partial charge in [0.05, 0.1) is 5.56 Å². The molecule has 1 aromatic carbocycles. The van der Waals surface area contributed by atoms with Gasteiger partial charge >= 0.3 is 0 Å². The monoisotopic (exact) mass is 298 g/mol. The molecule has 22 heavy (non-hydrogen) atoms. The van der Waals surface area contributed by atoms with Gasteiger partial charge in [-0.05, 0) is 25.5 Å². The van der Waals surface area contributed by atoms with Gasteiger partial charge in [-0.15, -0.1) is 0 Å². The van der Waals surface area contributed by atoms with Crippen LogP contribution in [0.3, 0.4) is 0 Å². The number of hydrogen-bond donors (Lipinski definition) is 1. The topological polar surface area (TPSA) is 58.1 Å². The molecule has 0 aliphatic heterocycles. The van der Waals surface area contributed by atoms with Crippen molar-refractivity contribution in [3.8, 4) is 0 Å². The first-order valence-electron chi connectivity index (χ1n) is 7.69. The summed E-state index contributed by atoms with van der Waals surface area (Å²) in [4.78, 5) is 22.7. The van der Waals surface area contributed by atoms with Crippen LogP contribution >= 0.6 is 0 Å². The zero-order chi connectivity index (χ0) is 15.8. The highest BCUT2D eigenvalue weighted by atomic mass is 16.2. The molecule has 1 aromatic heterocycles. The highest BCUT2D eigenvalue weighted by Crippen LogP contribution is 2.16. The van der Waals surface area contributed by atoms with E-state index < -0.39 is 0 Å². The number of aromatic nitrogens is 2. The maximum Gasteiger partial charge on any atom is 0.261 e. The first kappa shape index (κ1) is 15.9. The predicted octanol–water partition coefficient (Wildman–Crippen LogP) is 3.36. The molecule has 2 rings (SSSR count). The molecule has 5 heteroatoms. The van der Waals surface area contributed by atoms with E-state index in [0.717, 1.165) is 25.1 Å². The number of benzene rings is 1. The highest BCUT2D eigenvalue weighted by Gasteiger charge is 2.16. The fraction of sp³-hybridized carbons (Fsp3) is 0.353. The Balaban J connectivity index is 2.08. The van der Waals surface area contributed by atoms with E-state index in [1.165, 1.54) is 0 Å². The minimum atomic E-state index is -0.0891. The van der Waals surface area contributed by atoms with Crippen molar-refractivity contribution < 1.29 is 4.79 Å². The molecule has 0 aliphatic carbocycles. The predicted molar refractivity (Wildman–Crippen MR) is 89.2 cm³/mol. The van der Waals surface area contributed by atoms with Crippen LogP contribution in [-0.2, 0) is 0 Å². The highest BCUT2D eigenvalue weighted by molar-refractivity contribution is 6.05. The lowest BCUT2D eigenvalue weighted by atomic mass is 10.2. The molecule has 0 saturated carbocycles. The molecule has 0 unspecified atom stereocenters. The van der Waals surface area contributed by atoms with Gasteiger partial charge in [0.2, 0.25) is 5.95 Å². The van der Waals surface area contributed by atoms with Gasteiger partial charge in [-0.3, -0.25) is 4.79 Å². The molecule has 2 aromatic rings. The maximum atomic E-state index is 12.6. The SMILES string of the molecule is CCCCNc1ncc(C(=O)N(CC)c2ccccc2)cn1. The smallest absolute Gasteiger partial charge is 0.261 e. The van der Waals surface area contributed by atoms with Crippen molar-refractivity contribution in [2.45, 2.75) is 26.7 Å². The summed E-state index contributed by atoms with van der Waals surface area (Å²) >= 11 is 0. The second-order valence-electron chi connectivity index (χ2n) is 4.96. The normalized spacial score (nSPS) is 10.3. The molecule has 0 fully saturated rings. The van der Waals surface area contributed by atoms with E-state index in [4.69, 9.17) is 0 Å². The lowest BCUT2D eigenvalue weighted by Gasteiger charge is -2.20. The molecular formula is C17H22N4O. The van der Waals surface area contributed by atoms with Gasteiger partial charge in [0.15, 0.2) is 0 Å². The lowest BCUT2D eigenvalue weighted by Crippen LogP contribution is -2.30. The van der Waals surface area contributed by atoms with E-state index in [2.05, 4.69) is 22.2 Å². The largest absolute Gasteiger partial charge is 0.354 e. The van der Waals surface area contributed by atoms with Crippen LogP contribution in [0.5, 0.6) is 0 Å². The van der Waals surface area contributed by atoms with Crippen LogP contribution in [-0.4, -0.2) is 29.0 Å². The summed E-state index contributed by atoms with van der Waals surface area (Å²) < 4.78 is 0. The number of para-hydroxylation sites is 1. The number of amides is 1. The van der Waals surface area contributed by atoms with Crippen LogP contribution in [0.1, 0.15) is 37.0 Å². The molecular weight excluding hydrogens is 276 g/mol. The van der Waals surface area contributed by atoms with Crippen LogP contribution in [0.2, 0.25) is 0 Å². The molecule has 116 valence electrons. The Morgan fingerprint density at radius 3 is 2.41 bits per heavy atom. The number of carbonyl (C=O) groups excluding carboxylic acids is 1.